The van der Waals surface area contributed by atoms with Crippen molar-refractivity contribution in [3.05, 3.63) is 59.2 Å². The first-order valence-corrected chi connectivity index (χ1v) is 10.9. The first-order valence-electron chi connectivity index (χ1n) is 9.23. The van der Waals surface area contributed by atoms with Gasteiger partial charge in [-0.3, -0.25) is 0 Å². The van der Waals surface area contributed by atoms with E-state index < -0.39 is 16.4 Å². The van der Waals surface area contributed by atoms with Gasteiger partial charge in [0.1, 0.15) is 18.1 Å². The molecule has 0 N–H and O–H groups in total. The topological polar surface area (TPSA) is 52.6 Å². The van der Waals surface area contributed by atoms with Gasteiger partial charge in [0, 0.05) is 5.56 Å². The fourth-order valence-corrected chi connectivity index (χ4v) is 4.69. The Morgan fingerprint density at radius 2 is 1.79 bits per heavy atom. The second kappa shape index (κ2) is 8.47. The summed E-state index contributed by atoms with van der Waals surface area (Å²) in [4.78, 5) is 0. The maximum atomic E-state index is 12.5. The van der Waals surface area contributed by atoms with Crippen molar-refractivity contribution < 1.29 is 26.7 Å². The van der Waals surface area contributed by atoms with Crippen LogP contribution in [-0.2, 0) is 29.3 Å². The zero-order valence-electron chi connectivity index (χ0n) is 15.9. The maximum absolute atomic E-state index is 12.5. The van der Waals surface area contributed by atoms with Crippen molar-refractivity contribution >= 4 is 9.84 Å². The Hall–Kier alpha value is -2.15. The predicted octanol–water partition coefficient (Wildman–Crippen LogP) is 4.41. The molecule has 0 heterocycles. The summed E-state index contributed by atoms with van der Waals surface area (Å²) < 4.78 is 59.7. The molecule has 0 saturated carbocycles. The minimum Gasteiger partial charge on any atom is -0.489 e. The van der Waals surface area contributed by atoms with Crippen molar-refractivity contribution in [1.29, 1.82) is 0 Å². The summed E-state index contributed by atoms with van der Waals surface area (Å²) in [6, 6.07) is 12.2. The highest BCUT2D eigenvalue weighted by molar-refractivity contribution is 7.91. The van der Waals surface area contributed by atoms with E-state index in [1.54, 1.807) is 32.0 Å². The Morgan fingerprint density at radius 3 is 2.50 bits per heavy atom. The molecule has 1 atom stereocenters. The molecule has 0 aliphatic heterocycles. The quantitative estimate of drug-likeness (QED) is 0.647. The van der Waals surface area contributed by atoms with E-state index in [-0.39, 0.29) is 29.3 Å². The van der Waals surface area contributed by atoms with Crippen molar-refractivity contribution in [3.8, 4) is 11.5 Å². The van der Waals surface area contributed by atoms with E-state index in [0.29, 0.717) is 17.7 Å². The van der Waals surface area contributed by atoms with Crippen LogP contribution in [-0.4, -0.2) is 26.0 Å². The number of ether oxygens (including phenoxy) is 2. The number of rotatable bonds is 8. The summed E-state index contributed by atoms with van der Waals surface area (Å²) in [5.74, 6) is 0.988. The minimum absolute atomic E-state index is 0.0813. The van der Waals surface area contributed by atoms with Crippen LogP contribution in [0.5, 0.6) is 11.5 Å². The molecule has 0 unspecified atom stereocenters. The van der Waals surface area contributed by atoms with Gasteiger partial charge in [0.25, 0.3) is 0 Å². The number of hydrogen-bond donors (Lipinski definition) is 0. The number of benzene rings is 2. The van der Waals surface area contributed by atoms with Gasteiger partial charge in [0.05, 0.1) is 11.0 Å². The Bertz CT molecular complexity index is 926. The van der Waals surface area contributed by atoms with Crippen molar-refractivity contribution in [2.75, 3.05) is 5.75 Å². The minimum atomic E-state index is -3.08. The van der Waals surface area contributed by atoms with Crippen LogP contribution in [0.15, 0.2) is 42.5 Å². The molecular weight excluding hydrogens is 386 g/mol. The smallest absolute Gasteiger partial charge is 0.387 e. The van der Waals surface area contributed by atoms with E-state index in [2.05, 4.69) is 4.74 Å². The lowest BCUT2D eigenvalue weighted by molar-refractivity contribution is -0.0508. The summed E-state index contributed by atoms with van der Waals surface area (Å²) in [6.45, 7) is 0.630. The van der Waals surface area contributed by atoms with Crippen LogP contribution >= 0.6 is 0 Å². The van der Waals surface area contributed by atoms with E-state index >= 15 is 0 Å². The molecule has 1 aliphatic carbocycles. The van der Waals surface area contributed by atoms with E-state index in [1.807, 2.05) is 18.2 Å². The van der Waals surface area contributed by atoms with Crippen molar-refractivity contribution in [2.45, 2.75) is 45.2 Å². The van der Waals surface area contributed by atoms with E-state index in [4.69, 9.17) is 4.74 Å². The van der Waals surface area contributed by atoms with E-state index in [9.17, 15) is 17.2 Å². The van der Waals surface area contributed by atoms with Gasteiger partial charge < -0.3 is 9.47 Å². The average molecular weight is 410 g/mol. The number of alkyl halides is 2. The van der Waals surface area contributed by atoms with Crippen LogP contribution in [0, 0.1) is 5.92 Å². The molecule has 0 aromatic heterocycles. The van der Waals surface area contributed by atoms with Crippen molar-refractivity contribution in [1.82, 2.24) is 0 Å². The second-order valence-corrected chi connectivity index (χ2v) is 9.96. The highest BCUT2D eigenvalue weighted by Crippen LogP contribution is 2.32. The molecule has 0 radical (unpaired) electrons. The van der Waals surface area contributed by atoms with Crippen molar-refractivity contribution in [2.24, 2.45) is 5.92 Å². The Balaban J connectivity index is 1.65. The number of sulfone groups is 1. The van der Waals surface area contributed by atoms with Gasteiger partial charge in [0.2, 0.25) is 0 Å². The normalized spacial score (nSPS) is 16.4. The summed E-state index contributed by atoms with van der Waals surface area (Å²) in [5, 5.41) is -0.370. The van der Waals surface area contributed by atoms with Gasteiger partial charge in [0.15, 0.2) is 9.84 Å². The number of halogens is 2. The fourth-order valence-electron chi connectivity index (χ4n) is 3.41. The molecule has 4 nitrogen and oxygen atoms in total. The summed E-state index contributed by atoms with van der Waals surface area (Å²) >= 11 is 0. The molecule has 152 valence electrons. The van der Waals surface area contributed by atoms with E-state index in [1.165, 1.54) is 6.07 Å². The van der Waals surface area contributed by atoms with Gasteiger partial charge in [-0.25, -0.2) is 8.42 Å². The third-order valence-electron chi connectivity index (χ3n) is 4.96. The average Bonchev–Trinajstić information content (AvgIpc) is 3.01. The molecule has 2 aromatic rings. The first kappa shape index (κ1) is 20.6. The third-order valence-corrected chi connectivity index (χ3v) is 7.34. The molecule has 2 aromatic carbocycles. The van der Waals surface area contributed by atoms with Crippen LogP contribution in [0.2, 0.25) is 0 Å². The Kier molecular flexibility index (Phi) is 6.23. The van der Waals surface area contributed by atoms with Crippen LogP contribution < -0.4 is 9.47 Å². The standard InChI is InChI=1S/C21H24F2O4S/c1-14(2)28(24,25)13-15-9-16-7-8-19(11-18(16)10-15)26-12-17-5-3-4-6-20(17)27-21(22)23/h3-8,11,14-15,21H,9-10,12-13H2,1-2H3/t15-/m0/s1. The highest BCUT2D eigenvalue weighted by Gasteiger charge is 2.28. The highest BCUT2D eigenvalue weighted by atomic mass is 32.2. The predicted molar refractivity (Wildman–Crippen MR) is 104 cm³/mol. The fraction of sp³-hybridized carbons (Fsp3) is 0.429. The lowest BCUT2D eigenvalue weighted by Crippen LogP contribution is -2.23. The van der Waals surface area contributed by atoms with E-state index in [0.717, 1.165) is 17.5 Å². The van der Waals surface area contributed by atoms with Crippen LogP contribution in [0.1, 0.15) is 30.5 Å². The van der Waals surface area contributed by atoms with Crippen LogP contribution in [0.25, 0.3) is 0 Å². The van der Waals surface area contributed by atoms with Crippen LogP contribution in [0.3, 0.4) is 0 Å². The van der Waals surface area contributed by atoms with Crippen LogP contribution in [0.4, 0.5) is 8.78 Å². The summed E-state index contributed by atoms with van der Waals surface area (Å²) in [5.41, 5.74) is 2.75. The molecule has 0 bridgehead atoms. The number of fused-ring (bicyclic) bond motifs is 1. The van der Waals surface area contributed by atoms with Gasteiger partial charge in [-0.2, -0.15) is 8.78 Å². The molecule has 0 fully saturated rings. The third kappa shape index (κ3) is 5.01. The first-order chi connectivity index (χ1) is 13.2. The molecule has 0 saturated heterocycles. The molecule has 28 heavy (non-hydrogen) atoms. The van der Waals surface area contributed by atoms with Gasteiger partial charge in [-0.15, -0.1) is 0 Å². The lowest BCUT2D eigenvalue weighted by Gasteiger charge is -2.12. The molecule has 7 heteroatoms. The maximum Gasteiger partial charge on any atom is 0.387 e. The SMILES string of the molecule is CC(C)S(=O)(=O)C[C@H]1Cc2ccc(OCc3ccccc3OC(F)F)cc2C1. The number of hydrogen-bond acceptors (Lipinski definition) is 4. The summed E-state index contributed by atoms with van der Waals surface area (Å²) in [7, 11) is -3.08. The summed E-state index contributed by atoms with van der Waals surface area (Å²) in [6.07, 6.45) is 1.44. The molecule has 3 rings (SSSR count). The number of para-hydroxylation sites is 1. The lowest BCUT2D eigenvalue weighted by atomic mass is 10.1. The molecular formula is C21H24F2O4S. The Morgan fingerprint density at radius 1 is 1.07 bits per heavy atom. The largest absolute Gasteiger partial charge is 0.489 e. The van der Waals surface area contributed by atoms with Gasteiger partial charge in [-0.1, -0.05) is 24.3 Å². The monoisotopic (exact) mass is 410 g/mol. The van der Waals surface area contributed by atoms with Crippen molar-refractivity contribution in [3.63, 3.8) is 0 Å². The molecule has 0 amide bonds. The van der Waals surface area contributed by atoms with Gasteiger partial charge >= 0.3 is 6.61 Å². The second-order valence-electron chi connectivity index (χ2n) is 7.36. The zero-order valence-corrected chi connectivity index (χ0v) is 16.7. The van der Waals surface area contributed by atoms with Gasteiger partial charge in [-0.05, 0) is 61.9 Å². The molecule has 1 aliphatic rings. The zero-order chi connectivity index (χ0) is 20.3. The molecule has 0 spiro atoms. The Labute approximate surface area is 164 Å².